The second-order valence-electron chi connectivity index (χ2n) is 7.00. The number of rotatable bonds is 6. The van der Waals surface area contributed by atoms with Crippen LogP contribution in [0.5, 0.6) is 0 Å². The van der Waals surface area contributed by atoms with Crippen molar-refractivity contribution in [3.63, 3.8) is 0 Å². The molecule has 130 valence electrons. The van der Waals surface area contributed by atoms with Crippen LogP contribution in [0, 0.1) is 5.92 Å². The second kappa shape index (κ2) is 8.15. The molecule has 1 aliphatic rings. The van der Waals surface area contributed by atoms with E-state index >= 15 is 0 Å². The minimum Gasteiger partial charge on any atom is -0.359 e. The fourth-order valence-corrected chi connectivity index (χ4v) is 3.36. The van der Waals surface area contributed by atoms with E-state index in [1.807, 2.05) is 30.3 Å². The van der Waals surface area contributed by atoms with Crippen LogP contribution in [0.3, 0.4) is 0 Å². The molecule has 5 heteroatoms. The zero-order valence-corrected chi connectivity index (χ0v) is 15.3. The highest BCUT2D eigenvalue weighted by Gasteiger charge is 2.20. The quantitative estimate of drug-likeness (QED) is 0.785. The van der Waals surface area contributed by atoms with Crippen molar-refractivity contribution in [1.82, 2.24) is 15.0 Å². The van der Waals surface area contributed by atoms with Gasteiger partial charge >= 0.3 is 0 Å². The van der Waals surface area contributed by atoms with Crippen molar-refractivity contribution in [2.45, 2.75) is 25.8 Å². The van der Waals surface area contributed by atoms with Crippen molar-refractivity contribution in [3.8, 4) is 11.3 Å². The lowest BCUT2D eigenvalue weighted by atomic mass is 9.93. The summed E-state index contributed by atoms with van der Waals surface area (Å²) in [5.41, 5.74) is 1.92. The van der Waals surface area contributed by atoms with Crippen LogP contribution < -0.4 is 0 Å². The van der Waals surface area contributed by atoms with Gasteiger partial charge in [0.2, 0.25) is 0 Å². The normalized spacial score (nSPS) is 16.8. The van der Waals surface area contributed by atoms with E-state index in [9.17, 15) is 0 Å². The summed E-state index contributed by atoms with van der Waals surface area (Å²) < 4.78 is 5.53. The first kappa shape index (κ1) is 17.5. The number of hydrogen-bond acceptors (Lipinski definition) is 4. The minimum absolute atomic E-state index is 0.736. The molecule has 0 spiro atoms. The third-order valence-electron chi connectivity index (χ3n) is 4.77. The predicted octanol–water partition coefficient (Wildman–Crippen LogP) is 4.16. The average molecular weight is 348 g/mol. The Bertz CT molecular complexity index is 630. The molecular weight excluding hydrogens is 322 g/mol. The summed E-state index contributed by atoms with van der Waals surface area (Å²) >= 11 is 5.93. The zero-order valence-electron chi connectivity index (χ0n) is 14.5. The van der Waals surface area contributed by atoms with Gasteiger partial charge < -0.3 is 9.42 Å². The number of halogens is 1. The van der Waals surface area contributed by atoms with Gasteiger partial charge in [-0.1, -0.05) is 28.9 Å². The Morgan fingerprint density at radius 2 is 1.92 bits per heavy atom. The van der Waals surface area contributed by atoms with E-state index in [0.29, 0.717) is 0 Å². The van der Waals surface area contributed by atoms with Crippen LogP contribution in [-0.2, 0) is 6.54 Å². The maximum Gasteiger partial charge on any atom is 0.151 e. The zero-order chi connectivity index (χ0) is 16.9. The molecule has 0 N–H and O–H groups in total. The van der Waals surface area contributed by atoms with Gasteiger partial charge in [-0.3, -0.25) is 4.90 Å². The topological polar surface area (TPSA) is 32.5 Å². The summed E-state index contributed by atoms with van der Waals surface area (Å²) in [7, 11) is 4.30. The van der Waals surface area contributed by atoms with E-state index in [0.717, 1.165) is 47.6 Å². The molecular formula is C19H26ClN3O. The summed E-state index contributed by atoms with van der Waals surface area (Å²) in [5.74, 6) is 1.80. The van der Waals surface area contributed by atoms with Gasteiger partial charge in [-0.2, -0.15) is 0 Å². The highest BCUT2D eigenvalue weighted by atomic mass is 35.5. The number of aromatic nitrogens is 1. The molecule has 2 aromatic rings. The minimum atomic E-state index is 0.736. The highest BCUT2D eigenvalue weighted by molar-refractivity contribution is 6.30. The SMILES string of the molecule is CN(C)CCC1CCN(Cc2cc(-c3ccc(Cl)cc3)no2)CC1. The number of piperidine rings is 1. The molecule has 3 rings (SSSR count). The van der Waals surface area contributed by atoms with Gasteiger partial charge in [-0.25, -0.2) is 0 Å². The third kappa shape index (κ3) is 4.82. The molecule has 1 aliphatic heterocycles. The van der Waals surface area contributed by atoms with E-state index in [4.69, 9.17) is 16.1 Å². The molecule has 1 saturated heterocycles. The van der Waals surface area contributed by atoms with Crippen LogP contribution in [0.1, 0.15) is 25.0 Å². The summed E-state index contributed by atoms with van der Waals surface area (Å²) in [5, 5.41) is 4.93. The van der Waals surface area contributed by atoms with Crippen molar-refractivity contribution in [2.75, 3.05) is 33.7 Å². The van der Waals surface area contributed by atoms with E-state index < -0.39 is 0 Å². The molecule has 0 atom stereocenters. The Balaban J connectivity index is 1.50. The lowest BCUT2D eigenvalue weighted by molar-refractivity contribution is 0.152. The predicted molar refractivity (Wildman–Crippen MR) is 98.1 cm³/mol. The molecule has 1 aromatic carbocycles. The lowest BCUT2D eigenvalue weighted by Crippen LogP contribution is -2.34. The molecule has 0 bridgehead atoms. The maximum absolute atomic E-state index is 5.93. The summed E-state index contributed by atoms with van der Waals surface area (Å²) in [4.78, 5) is 4.75. The molecule has 1 aromatic heterocycles. The van der Waals surface area contributed by atoms with Gasteiger partial charge in [0.25, 0.3) is 0 Å². The fourth-order valence-electron chi connectivity index (χ4n) is 3.24. The first-order valence-corrected chi connectivity index (χ1v) is 9.06. The average Bonchev–Trinajstić information content (AvgIpc) is 3.03. The van der Waals surface area contributed by atoms with Crippen LogP contribution in [0.25, 0.3) is 11.3 Å². The summed E-state index contributed by atoms with van der Waals surface area (Å²) in [6.07, 6.45) is 3.88. The largest absolute Gasteiger partial charge is 0.359 e. The van der Waals surface area contributed by atoms with E-state index in [1.54, 1.807) is 0 Å². The van der Waals surface area contributed by atoms with Crippen LogP contribution in [0.4, 0.5) is 0 Å². The Morgan fingerprint density at radius 1 is 1.21 bits per heavy atom. The molecule has 0 amide bonds. The monoisotopic (exact) mass is 347 g/mol. The molecule has 0 saturated carbocycles. The summed E-state index contributed by atoms with van der Waals surface area (Å²) in [6, 6.07) is 9.75. The lowest BCUT2D eigenvalue weighted by Gasteiger charge is -2.31. The molecule has 2 heterocycles. The molecule has 0 radical (unpaired) electrons. The first-order chi connectivity index (χ1) is 11.6. The highest BCUT2D eigenvalue weighted by Crippen LogP contribution is 2.24. The fraction of sp³-hybridized carbons (Fsp3) is 0.526. The van der Waals surface area contributed by atoms with Crippen LogP contribution in [0.2, 0.25) is 5.02 Å². The first-order valence-electron chi connectivity index (χ1n) is 8.69. The molecule has 0 aliphatic carbocycles. The Labute approximate surface area is 149 Å². The van der Waals surface area contributed by atoms with Crippen molar-refractivity contribution in [3.05, 3.63) is 41.1 Å². The van der Waals surface area contributed by atoms with Crippen LogP contribution in [-0.4, -0.2) is 48.7 Å². The molecule has 1 fully saturated rings. The Morgan fingerprint density at radius 3 is 2.58 bits per heavy atom. The number of hydrogen-bond donors (Lipinski definition) is 0. The Hall–Kier alpha value is -1.36. The van der Waals surface area contributed by atoms with Crippen molar-refractivity contribution < 1.29 is 4.52 Å². The van der Waals surface area contributed by atoms with Crippen LogP contribution in [0.15, 0.2) is 34.9 Å². The standard InChI is InChI=1S/C19H26ClN3O/c1-22(2)10-7-15-8-11-23(12-9-15)14-18-13-19(21-24-18)16-3-5-17(20)6-4-16/h3-6,13,15H,7-12,14H2,1-2H3. The van der Waals surface area contributed by atoms with Crippen molar-refractivity contribution in [2.24, 2.45) is 5.92 Å². The van der Waals surface area contributed by atoms with E-state index in [2.05, 4.69) is 29.1 Å². The number of benzene rings is 1. The van der Waals surface area contributed by atoms with Gasteiger partial charge in [0.15, 0.2) is 5.76 Å². The molecule has 0 unspecified atom stereocenters. The van der Waals surface area contributed by atoms with E-state index in [1.165, 1.54) is 25.8 Å². The van der Waals surface area contributed by atoms with Gasteiger partial charge in [-0.05, 0) is 71.0 Å². The Kier molecular flexibility index (Phi) is 5.93. The van der Waals surface area contributed by atoms with Gasteiger partial charge in [0.1, 0.15) is 5.69 Å². The number of nitrogens with zero attached hydrogens (tertiary/aromatic N) is 3. The van der Waals surface area contributed by atoms with Gasteiger partial charge in [0.05, 0.1) is 6.54 Å². The third-order valence-corrected chi connectivity index (χ3v) is 5.02. The smallest absolute Gasteiger partial charge is 0.151 e. The molecule has 24 heavy (non-hydrogen) atoms. The molecule has 4 nitrogen and oxygen atoms in total. The van der Waals surface area contributed by atoms with Gasteiger partial charge in [0, 0.05) is 16.7 Å². The number of likely N-dealkylation sites (tertiary alicyclic amines) is 1. The summed E-state index contributed by atoms with van der Waals surface area (Å²) in [6.45, 7) is 4.34. The van der Waals surface area contributed by atoms with Crippen molar-refractivity contribution in [1.29, 1.82) is 0 Å². The maximum atomic E-state index is 5.93. The van der Waals surface area contributed by atoms with Gasteiger partial charge in [-0.15, -0.1) is 0 Å². The van der Waals surface area contributed by atoms with E-state index in [-0.39, 0.29) is 0 Å². The second-order valence-corrected chi connectivity index (χ2v) is 7.43. The van der Waals surface area contributed by atoms with Crippen LogP contribution >= 0.6 is 11.6 Å². The van der Waals surface area contributed by atoms with Crippen molar-refractivity contribution >= 4 is 11.6 Å².